The number of nitrogens with one attached hydrogen (secondary N) is 1. The number of para-hydroxylation sites is 1. The van der Waals surface area contributed by atoms with E-state index in [2.05, 4.69) is 47.4 Å². The highest BCUT2D eigenvalue weighted by molar-refractivity contribution is 6.09. The molecule has 3 heteroatoms. The van der Waals surface area contributed by atoms with Crippen LogP contribution in [0.1, 0.15) is 11.7 Å². The number of ether oxygens (including phenoxy) is 1. The summed E-state index contributed by atoms with van der Waals surface area (Å²) in [6.07, 6.45) is 0.308. The van der Waals surface area contributed by atoms with Gasteiger partial charge < -0.3 is 14.8 Å². The van der Waals surface area contributed by atoms with E-state index < -0.39 is 0 Å². The van der Waals surface area contributed by atoms with Crippen molar-refractivity contribution >= 4 is 21.8 Å². The Labute approximate surface area is 105 Å². The van der Waals surface area contributed by atoms with E-state index in [-0.39, 0.29) is 0 Å². The summed E-state index contributed by atoms with van der Waals surface area (Å²) in [6.45, 7) is 0.860. The molecule has 0 spiro atoms. The Balaban J connectivity index is 0.000000478. The number of aliphatic hydroxyl groups excluding tert-OH is 1. The smallest absolute Gasteiger partial charge is 0.107 e. The second-order valence-electron chi connectivity index (χ2n) is 4.26. The van der Waals surface area contributed by atoms with Crippen molar-refractivity contribution in [2.75, 3.05) is 13.7 Å². The lowest BCUT2D eigenvalue weighted by atomic mass is 10.0. The number of aromatic amines is 1. The molecule has 0 radical (unpaired) electrons. The van der Waals surface area contributed by atoms with Gasteiger partial charge in [-0.3, -0.25) is 0 Å². The van der Waals surface area contributed by atoms with Crippen LogP contribution in [0.3, 0.4) is 0 Å². The molecule has 1 fully saturated rings. The zero-order valence-electron chi connectivity index (χ0n) is 10.2. The summed E-state index contributed by atoms with van der Waals surface area (Å²) in [4.78, 5) is 3.45. The van der Waals surface area contributed by atoms with Gasteiger partial charge in [0.25, 0.3) is 0 Å². The second kappa shape index (κ2) is 4.44. The SMILES string of the molecule is CO.c1ccc2c(c1)[nH]c1cccc(C3CO3)c12. The molecule has 92 valence electrons. The van der Waals surface area contributed by atoms with Crippen molar-refractivity contribution in [3.8, 4) is 0 Å². The van der Waals surface area contributed by atoms with E-state index in [4.69, 9.17) is 9.84 Å². The fourth-order valence-corrected chi connectivity index (χ4v) is 2.43. The van der Waals surface area contributed by atoms with Crippen LogP contribution >= 0.6 is 0 Å². The lowest BCUT2D eigenvalue weighted by Crippen LogP contribution is -1.81. The summed E-state index contributed by atoms with van der Waals surface area (Å²) in [5, 5.41) is 9.62. The Kier molecular flexibility index (Phi) is 2.78. The normalized spacial score (nSPS) is 17.6. The largest absolute Gasteiger partial charge is 0.400 e. The van der Waals surface area contributed by atoms with E-state index in [1.807, 2.05) is 0 Å². The summed E-state index contributed by atoms with van der Waals surface area (Å²) in [5.74, 6) is 0. The molecule has 18 heavy (non-hydrogen) atoms. The molecule has 1 unspecified atom stereocenters. The number of benzene rings is 2. The quantitative estimate of drug-likeness (QED) is 0.643. The average Bonchev–Trinajstić information content (AvgIpc) is 3.21. The molecule has 2 aromatic carbocycles. The maximum absolute atomic E-state index is 7.00. The highest BCUT2D eigenvalue weighted by Crippen LogP contribution is 2.38. The Bertz CT molecular complexity index is 683. The monoisotopic (exact) mass is 241 g/mol. The van der Waals surface area contributed by atoms with E-state index in [1.165, 1.54) is 27.4 Å². The molecule has 1 saturated heterocycles. The molecule has 3 aromatic rings. The minimum Gasteiger partial charge on any atom is -0.400 e. The van der Waals surface area contributed by atoms with Crippen LogP contribution in [-0.4, -0.2) is 23.8 Å². The molecule has 0 bridgehead atoms. The van der Waals surface area contributed by atoms with Gasteiger partial charge in [0, 0.05) is 28.9 Å². The fourth-order valence-electron chi connectivity index (χ4n) is 2.43. The molecule has 1 aliphatic rings. The average molecular weight is 241 g/mol. The number of aliphatic hydroxyl groups is 1. The zero-order valence-corrected chi connectivity index (χ0v) is 10.2. The molecule has 2 heterocycles. The van der Waals surface area contributed by atoms with Gasteiger partial charge in [-0.15, -0.1) is 0 Å². The van der Waals surface area contributed by atoms with E-state index in [0.29, 0.717) is 6.10 Å². The van der Waals surface area contributed by atoms with Gasteiger partial charge in [0.1, 0.15) is 6.10 Å². The Morgan fingerprint density at radius 3 is 2.56 bits per heavy atom. The first kappa shape index (κ1) is 11.3. The number of epoxide rings is 1. The second-order valence-corrected chi connectivity index (χ2v) is 4.26. The van der Waals surface area contributed by atoms with E-state index in [9.17, 15) is 0 Å². The van der Waals surface area contributed by atoms with Crippen molar-refractivity contribution in [2.45, 2.75) is 6.10 Å². The number of aromatic nitrogens is 1. The van der Waals surface area contributed by atoms with Crippen molar-refractivity contribution in [2.24, 2.45) is 0 Å². The standard InChI is InChI=1S/C14H11NO.CH4O/c1-2-6-11-9(4-1)14-10(13-8-16-13)5-3-7-12(14)15-11;1-2/h1-7,13,15H,8H2;2H,1H3. The van der Waals surface area contributed by atoms with Gasteiger partial charge in [-0.05, 0) is 17.7 Å². The third kappa shape index (κ3) is 1.68. The Hall–Kier alpha value is -1.84. The summed E-state index contributed by atoms with van der Waals surface area (Å²) in [7, 11) is 1.00. The van der Waals surface area contributed by atoms with E-state index >= 15 is 0 Å². The lowest BCUT2D eigenvalue weighted by molar-refractivity contribution is 0.399. The number of H-pyrrole nitrogens is 1. The van der Waals surface area contributed by atoms with Gasteiger partial charge in [0.2, 0.25) is 0 Å². The van der Waals surface area contributed by atoms with Gasteiger partial charge in [-0.2, -0.15) is 0 Å². The first-order chi connectivity index (χ1) is 8.93. The topological polar surface area (TPSA) is 48.5 Å². The maximum atomic E-state index is 7.00. The lowest BCUT2D eigenvalue weighted by Gasteiger charge is -1.98. The molecule has 0 saturated carbocycles. The third-order valence-corrected chi connectivity index (χ3v) is 3.24. The van der Waals surface area contributed by atoms with E-state index in [0.717, 1.165) is 13.7 Å². The summed E-state index contributed by atoms with van der Waals surface area (Å²) in [6, 6.07) is 14.8. The van der Waals surface area contributed by atoms with Crippen molar-refractivity contribution in [3.05, 3.63) is 48.0 Å². The molecular formula is C15H15NO2. The molecular weight excluding hydrogens is 226 g/mol. The van der Waals surface area contributed by atoms with Crippen LogP contribution in [0.25, 0.3) is 21.8 Å². The number of hydrogen-bond donors (Lipinski definition) is 2. The summed E-state index contributed by atoms with van der Waals surface area (Å²) < 4.78 is 5.41. The highest BCUT2D eigenvalue weighted by Gasteiger charge is 2.27. The number of hydrogen-bond acceptors (Lipinski definition) is 2. The minimum atomic E-state index is 0.308. The predicted molar refractivity (Wildman–Crippen MR) is 72.6 cm³/mol. The van der Waals surface area contributed by atoms with Gasteiger partial charge in [-0.25, -0.2) is 0 Å². The van der Waals surface area contributed by atoms with Crippen LogP contribution in [0.4, 0.5) is 0 Å². The Morgan fingerprint density at radius 1 is 1.06 bits per heavy atom. The predicted octanol–water partition coefficient (Wildman–Crippen LogP) is 3.00. The molecule has 2 N–H and O–H groups in total. The summed E-state index contributed by atoms with van der Waals surface area (Å²) in [5.41, 5.74) is 3.72. The van der Waals surface area contributed by atoms with Gasteiger partial charge >= 0.3 is 0 Å². The van der Waals surface area contributed by atoms with Gasteiger partial charge in [0.05, 0.1) is 6.61 Å². The van der Waals surface area contributed by atoms with Crippen LogP contribution in [0.15, 0.2) is 42.5 Å². The Morgan fingerprint density at radius 2 is 1.78 bits per heavy atom. The van der Waals surface area contributed by atoms with Crippen molar-refractivity contribution in [1.82, 2.24) is 4.98 Å². The van der Waals surface area contributed by atoms with Crippen molar-refractivity contribution < 1.29 is 9.84 Å². The molecule has 0 aliphatic carbocycles. The van der Waals surface area contributed by atoms with Gasteiger partial charge in [-0.1, -0.05) is 30.3 Å². The highest BCUT2D eigenvalue weighted by atomic mass is 16.6. The van der Waals surface area contributed by atoms with Crippen LogP contribution in [0.2, 0.25) is 0 Å². The van der Waals surface area contributed by atoms with Crippen LogP contribution in [0.5, 0.6) is 0 Å². The molecule has 3 nitrogen and oxygen atoms in total. The molecule has 1 aromatic heterocycles. The van der Waals surface area contributed by atoms with Crippen molar-refractivity contribution in [3.63, 3.8) is 0 Å². The molecule has 1 atom stereocenters. The first-order valence-corrected chi connectivity index (χ1v) is 5.99. The first-order valence-electron chi connectivity index (χ1n) is 5.99. The summed E-state index contributed by atoms with van der Waals surface area (Å²) >= 11 is 0. The molecule has 1 aliphatic heterocycles. The molecule has 0 amide bonds. The van der Waals surface area contributed by atoms with Crippen LogP contribution < -0.4 is 0 Å². The number of rotatable bonds is 1. The zero-order chi connectivity index (χ0) is 12.5. The molecule has 4 rings (SSSR count). The fraction of sp³-hybridized carbons (Fsp3) is 0.200. The van der Waals surface area contributed by atoms with Crippen molar-refractivity contribution in [1.29, 1.82) is 0 Å². The van der Waals surface area contributed by atoms with Crippen LogP contribution in [0, 0.1) is 0 Å². The number of fused-ring (bicyclic) bond motifs is 3. The third-order valence-electron chi connectivity index (χ3n) is 3.24. The van der Waals surface area contributed by atoms with Gasteiger partial charge in [0.15, 0.2) is 0 Å². The minimum absolute atomic E-state index is 0.308. The van der Waals surface area contributed by atoms with E-state index in [1.54, 1.807) is 0 Å². The maximum Gasteiger partial charge on any atom is 0.107 e. The van der Waals surface area contributed by atoms with Crippen LogP contribution in [-0.2, 0) is 4.74 Å².